The number of aromatic nitrogens is 3. The minimum Gasteiger partial charge on any atom is -0.353 e. The summed E-state index contributed by atoms with van der Waals surface area (Å²) in [6, 6.07) is 11.3. The lowest BCUT2D eigenvalue weighted by molar-refractivity contribution is 0.509. The molecule has 0 spiro atoms. The number of hydrogen-bond donors (Lipinski definition) is 1. The zero-order valence-electron chi connectivity index (χ0n) is 14.5. The first-order chi connectivity index (χ1) is 13.2. The molecule has 0 amide bonds. The third kappa shape index (κ3) is 3.94. The fourth-order valence-electron chi connectivity index (χ4n) is 2.99. The minimum absolute atomic E-state index is 0.339. The maximum atomic E-state index is 13.4. The zero-order valence-corrected chi connectivity index (χ0v) is 14.5. The molecule has 1 N–H and O–H groups in total. The number of anilines is 4. The molecule has 0 saturated carbocycles. The molecule has 27 heavy (non-hydrogen) atoms. The van der Waals surface area contributed by atoms with Crippen molar-refractivity contribution < 1.29 is 8.78 Å². The van der Waals surface area contributed by atoms with Crippen LogP contribution in [0.3, 0.4) is 0 Å². The summed E-state index contributed by atoms with van der Waals surface area (Å²) in [6.45, 7) is 3.29. The molecule has 0 aliphatic carbocycles. The molecule has 8 heteroatoms. The van der Waals surface area contributed by atoms with E-state index in [0.29, 0.717) is 11.6 Å². The monoisotopic (exact) mass is 368 g/mol. The third-order valence-electron chi connectivity index (χ3n) is 4.39. The van der Waals surface area contributed by atoms with Crippen LogP contribution in [-0.2, 0) is 0 Å². The number of piperazine rings is 1. The first-order valence-electron chi connectivity index (χ1n) is 8.65. The van der Waals surface area contributed by atoms with Crippen molar-refractivity contribution in [1.82, 2.24) is 15.0 Å². The van der Waals surface area contributed by atoms with Crippen LogP contribution in [0.2, 0.25) is 0 Å². The van der Waals surface area contributed by atoms with Gasteiger partial charge in [0.2, 0.25) is 5.95 Å². The Morgan fingerprint density at radius 3 is 2.26 bits per heavy atom. The van der Waals surface area contributed by atoms with E-state index in [2.05, 4.69) is 30.1 Å². The average Bonchev–Trinajstić information content (AvgIpc) is 2.72. The van der Waals surface area contributed by atoms with E-state index in [-0.39, 0.29) is 0 Å². The maximum absolute atomic E-state index is 13.4. The zero-order chi connectivity index (χ0) is 18.6. The summed E-state index contributed by atoms with van der Waals surface area (Å²) in [7, 11) is 0. The summed E-state index contributed by atoms with van der Waals surface area (Å²) in [5.41, 5.74) is 0.394. The molecule has 0 bridgehead atoms. The van der Waals surface area contributed by atoms with Crippen molar-refractivity contribution in [3.05, 3.63) is 66.5 Å². The Labute approximate surface area is 155 Å². The van der Waals surface area contributed by atoms with Crippen molar-refractivity contribution in [2.75, 3.05) is 41.3 Å². The fraction of sp³-hybridized carbons (Fsp3) is 0.211. The van der Waals surface area contributed by atoms with Crippen LogP contribution < -0.4 is 15.1 Å². The molecule has 3 heterocycles. The van der Waals surface area contributed by atoms with Gasteiger partial charge in [-0.25, -0.2) is 18.7 Å². The Morgan fingerprint density at radius 2 is 1.56 bits per heavy atom. The van der Waals surface area contributed by atoms with Crippen molar-refractivity contribution in [1.29, 1.82) is 0 Å². The van der Waals surface area contributed by atoms with E-state index in [1.54, 1.807) is 12.4 Å². The van der Waals surface area contributed by atoms with E-state index in [9.17, 15) is 8.78 Å². The molecule has 6 nitrogen and oxygen atoms in total. The molecule has 1 aliphatic rings. The van der Waals surface area contributed by atoms with Gasteiger partial charge in [-0.05, 0) is 30.3 Å². The molecule has 0 unspecified atom stereocenters. The van der Waals surface area contributed by atoms with Gasteiger partial charge in [-0.15, -0.1) is 0 Å². The predicted octanol–water partition coefficient (Wildman–Crippen LogP) is 3.22. The second-order valence-corrected chi connectivity index (χ2v) is 6.15. The largest absolute Gasteiger partial charge is 0.353 e. The van der Waals surface area contributed by atoms with Crippen molar-refractivity contribution in [3.63, 3.8) is 0 Å². The molecule has 2 aromatic heterocycles. The van der Waals surface area contributed by atoms with E-state index < -0.39 is 11.6 Å². The number of rotatable bonds is 4. The molecule has 1 saturated heterocycles. The van der Waals surface area contributed by atoms with Gasteiger partial charge in [0.1, 0.15) is 11.6 Å². The van der Waals surface area contributed by atoms with Crippen molar-refractivity contribution in [3.8, 4) is 0 Å². The maximum Gasteiger partial charge on any atom is 0.229 e. The lowest BCUT2D eigenvalue weighted by atomic mass is 10.3. The number of pyridine rings is 1. The van der Waals surface area contributed by atoms with Crippen LogP contribution in [0.4, 0.5) is 32.1 Å². The van der Waals surface area contributed by atoms with Gasteiger partial charge in [0, 0.05) is 50.3 Å². The van der Waals surface area contributed by atoms with Gasteiger partial charge in [-0.3, -0.25) is 0 Å². The number of halogens is 2. The normalized spacial score (nSPS) is 14.3. The summed E-state index contributed by atoms with van der Waals surface area (Å²) in [6.07, 6.45) is 3.44. The predicted molar refractivity (Wildman–Crippen MR) is 100 cm³/mol. The van der Waals surface area contributed by atoms with Gasteiger partial charge in [0.05, 0.1) is 0 Å². The molecular formula is C19H18F2N6. The van der Waals surface area contributed by atoms with Gasteiger partial charge in [-0.1, -0.05) is 6.07 Å². The van der Waals surface area contributed by atoms with Crippen LogP contribution in [0, 0.1) is 11.6 Å². The summed E-state index contributed by atoms with van der Waals surface area (Å²) in [5, 5.41) is 2.91. The Morgan fingerprint density at radius 1 is 0.778 bits per heavy atom. The second kappa shape index (κ2) is 7.53. The molecule has 0 radical (unpaired) electrons. The molecule has 3 aromatic rings. The first-order valence-corrected chi connectivity index (χ1v) is 8.65. The molecule has 1 fully saturated rings. The lowest BCUT2D eigenvalue weighted by Gasteiger charge is -2.36. The summed E-state index contributed by atoms with van der Waals surface area (Å²) in [5.74, 6) is 0.296. The van der Waals surface area contributed by atoms with Gasteiger partial charge >= 0.3 is 0 Å². The SMILES string of the molecule is Fc1ccc(Nc2nccc(N3CCN(c4ccccn4)CC3)n2)cc1F. The standard InChI is InChI=1S/C19H18F2N6/c20-15-5-4-14(13-16(15)21)24-19-23-8-6-18(25-19)27-11-9-26(10-12-27)17-3-1-2-7-22-17/h1-8,13H,9-12H2,(H,23,24,25). The second-order valence-electron chi connectivity index (χ2n) is 6.15. The van der Waals surface area contributed by atoms with Gasteiger partial charge < -0.3 is 15.1 Å². The van der Waals surface area contributed by atoms with Crippen LogP contribution in [0.15, 0.2) is 54.9 Å². The Balaban J connectivity index is 1.43. The number of benzene rings is 1. The van der Waals surface area contributed by atoms with Gasteiger partial charge in [0.15, 0.2) is 11.6 Å². The van der Waals surface area contributed by atoms with Gasteiger partial charge in [0.25, 0.3) is 0 Å². The van der Waals surface area contributed by atoms with Crippen molar-refractivity contribution >= 4 is 23.3 Å². The highest BCUT2D eigenvalue weighted by Gasteiger charge is 2.19. The topological polar surface area (TPSA) is 57.2 Å². The smallest absolute Gasteiger partial charge is 0.229 e. The molecular weight excluding hydrogens is 350 g/mol. The Kier molecular flexibility index (Phi) is 4.78. The van der Waals surface area contributed by atoms with Crippen LogP contribution in [-0.4, -0.2) is 41.1 Å². The quantitative estimate of drug-likeness (QED) is 0.763. The van der Waals surface area contributed by atoms with Crippen molar-refractivity contribution in [2.24, 2.45) is 0 Å². The lowest BCUT2D eigenvalue weighted by Crippen LogP contribution is -2.47. The van der Waals surface area contributed by atoms with E-state index in [1.807, 2.05) is 24.3 Å². The number of hydrogen-bond acceptors (Lipinski definition) is 6. The third-order valence-corrected chi connectivity index (χ3v) is 4.39. The highest BCUT2D eigenvalue weighted by Crippen LogP contribution is 2.20. The van der Waals surface area contributed by atoms with Crippen LogP contribution >= 0.6 is 0 Å². The Bertz CT molecular complexity index is 913. The fourth-order valence-corrected chi connectivity index (χ4v) is 2.99. The summed E-state index contributed by atoms with van der Waals surface area (Å²) < 4.78 is 26.4. The molecule has 1 aliphatic heterocycles. The van der Waals surface area contributed by atoms with Crippen LogP contribution in [0.5, 0.6) is 0 Å². The highest BCUT2D eigenvalue weighted by molar-refractivity contribution is 5.55. The van der Waals surface area contributed by atoms with Crippen molar-refractivity contribution in [2.45, 2.75) is 0 Å². The summed E-state index contributed by atoms with van der Waals surface area (Å²) >= 11 is 0. The minimum atomic E-state index is -0.915. The molecule has 4 rings (SSSR count). The molecule has 138 valence electrons. The van der Waals surface area contributed by atoms with Crippen LogP contribution in [0.1, 0.15) is 0 Å². The van der Waals surface area contributed by atoms with E-state index >= 15 is 0 Å². The average molecular weight is 368 g/mol. The Hall–Kier alpha value is -3.29. The van der Waals surface area contributed by atoms with Crippen LogP contribution in [0.25, 0.3) is 0 Å². The first kappa shape index (κ1) is 17.1. The van der Waals surface area contributed by atoms with E-state index in [0.717, 1.165) is 49.9 Å². The van der Waals surface area contributed by atoms with E-state index in [4.69, 9.17) is 0 Å². The summed E-state index contributed by atoms with van der Waals surface area (Å²) in [4.78, 5) is 17.4. The van der Waals surface area contributed by atoms with Gasteiger partial charge in [-0.2, -0.15) is 4.98 Å². The number of nitrogens with zero attached hydrogens (tertiary/aromatic N) is 5. The molecule has 0 atom stereocenters. The highest BCUT2D eigenvalue weighted by atomic mass is 19.2. The molecule has 1 aromatic carbocycles. The number of nitrogens with one attached hydrogen (secondary N) is 1. The van der Waals surface area contributed by atoms with E-state index in [1.165, 1.54) is 6.07 Å².